The van der Waals surface area contributed by atoms with Crippen molar-refractivity contribution in [3.05, 3.63) is 22.3 Å². The van der Waals surface area contributed by atoms with E-state index in [1.807, 2.05) is 11.8 Å². The molecule has 0 aromatic heterocycles. The first-order chi connectivity index (χ1) is 5.16. The Kier molecular flexibility index (Phi) is 2.24. The lowest BCUT2D eigenvalue weighted by atomic mass is 10.2. The van der Waals surface area contributed by atoms with Crippen molar-refractivity contribution in [3.63, 3.8) is 0 Å². The molecule has 0 saturated carbocycles. The molecule has 0 N–H and O–H groups in total. The van der Waals surface area contributed by atoms with Crippen LogP contribution in [0.4, 0.5) is 0 Å². The number of likely N-dealkylation sites (tertiary alicyclic amines) is 1. The van der Waals surface area contributed by atoms with Crippen LogP contribution in [-0.2, 0) is 0 Å². The average Bonchev–Trinajstić information content (AvgIpc) is 2.30. The van der Waals surface area contributed by atoms with Gasteiger partial charge in [-0.25, -0.2) is 4.90 Å². The van der Waals surface area contributed by atoms with Gasteiger partial charge in [0.25, 0.3) is 6.17 Å². The summed E-state index contributed by atoms with van der Waals surface area (Å²) in [5.74, 6) is 0. The molecule has 0 aromatic carbocycles. The molecule has 1 saturated heterocycles. The van der Waals surface area contributed by atoms with Crippen molar-refractivity contribution >= 4 is 0 Å². The van der Waals surface area contributed by atoms with Gasteiger partial charge < -0.3 is 0 Å². The molecule has 4 nitrogen and oxygen atoms in total. The molecule has 0 aromatic rings. The highest BCUT2D eigenvalue weighted by atomic mass is 16.6. The summed E-state index contributed by atoms with van der Waals surface area (Å²) in [4.78, 5) is 12.0. The van der Waals surface area contributed by atoms with Crippen LogP contribution in [0.1, 0.15) is 13.3 Å². The highest BCUT2D eigenvalue weighted by molar-refractivity contribution is 5.07. The number of likely N-dealkylation sites (N-methyl/N-ethyl adjacent to an activating group) is 1. The molecule has 0 amide bonds. The summed E-state index contributed by atoms with van der Waals surface area (Å²) in [5, 5.41) is 10.5. The standard InChI is InChI=1S/C7H12N2O2/c1-3-8-5-4-6(2)7(8)9(10)11/h7H,2-5H2,1H3. The molecule has 4 heteroatoms. The third-order valence-electron chi connectivity index (χ3n) is 2.04. The first-order valence-electron chi connectivity index (χ1n) is 3.72. The minimum Gasteiger partial charge on any atom is -0.262 e. The fraction of sp³-hybridized carbons (Fsp3) is 0.714. The van der Waals surface area contributed by atoms with Crippen molar-refractivity contribution in [1.82, 2.24) is 4.90 Å². The predicted octanol–water partition coefficient (Wildman–Crippen LogP) is 0.871. The van der Waals surface area contributed by atoms with Gasteiger partial charge in [0.2, 0.25) is 0 Å². The highest BCUT2D eigenvalue weighted by Crippen LogP contribution is 2.21. The summed E-state index contributed by atoms with van der Waals surface area (Å²) in [6, 6.07) is 0. The van der Waals surface area contributed by atoms with Gasteiger partial charge in [-0.1, -0.05) is 13.5 Å². The number of rotatable bonds is 2. The van der Waals surface area contributed by atoms with E-state index >= 15 is 0 Å². The van der Waals surface area contributed by atoms with Crippen LogP contribution in [0.25, 0.3) is 0 Å². The zero-order chi connectivity index (χ0) is 8.43. The fourth-order valence-corrected chi connectivity index (χ4v) is 1.41. The lowest BCUT2D eigenvalue weighted by Crippen LogP contribution is -2.35. The maximum Gasteiger partial charge on any atom is 0.289 e. The molecule has 1 aliphatic heterocycles. The summed E-state index contributed by atoms with van der Waals surface area (Å²) in [6.07, 6.45) is 0.138. The van der Waals surface area contributed by atoms with Gasteiger partial charge in [-0.05, 0) is 6.42 Å². The molecule has 0 spiro atoms. The largest absolute Gasteiger partial charge is 0.289 e. The van der Waals surface area contributed by atoms with Crippen molar-refractivity contribution < 1.29 is 4.92 Å². The Labute approximate surface area is 65.6 Å². The Hall–Kier alpha value is -0.900. The van der Waals surface area contributed by atoms with E-state index in [1.54, 1.807) is 0 Å². The van der Waals surface area contributed by atoms with Crippen molar-refractivity contribution in [2.45, 2.75) is 19.5 Å². The van der Waals surface area contributed by atoms with Gasteiger partial charge in [-0.3, -0.25) is 10.1 Å². The van der Waals surface area contributed by atoms with Gasteiger partial charge in [0, 0.05) is 23.6 Å². The van der Waals surface area contributed by atoms with Gasteiger partial charge in [0.1, 0.15) is 0 Å². The Morgan fingerprint density at radius 2 is 2.55 bits per heavy atom. The summed E-state index contributed by atoms with van der Waals surface area (Å²) in [7, 11) is 0. The number of hydrogen-bond acceptors (Lipinski definition) is 3. The third-order valence-corrected chi connectivity index (χ3v) is 2.04. The van der Waals surface area contributed by atoms with E-state index in [0.29, 0.717) is 0 Å². The highest BCUT2D eigenvalue weighted by Gasteiger charge is 2.35. The maximum atomic E-state index is 10.5. The number of nitro groups is 1. The van der Waals surface area contributed by atoms with E-state index in [9.17, 15) is 10.1 Å². The van der Waals surface area contributed by atoms with E-state index in [2.05, 4.69) is 6.58 Å². The lowest BCUT2D eigenvalue weighted by Gasteiger charge is -2.14. The summed E-state index contributed by atoms with van der Waals surface area (Å²) in [5.41, 5.74) is 0.733. The Bertz CT molecular complexity index is 191. The second-order valence-corrected chi connectivity index (χ2v) is 2.70. The van der Waals surface area contributed by atoms with Gasteiger partial charge in [0.05, 0.1) is 0 Å². The molecular formula is C7H12N2O2. The topological polar surface area (TPSA) is 46.4 Å². The van der Waals surface area contributed by atoms with Crippen LogP contribution in [0.15, 0.2) is 12.2 Å². The second-order valence-electron chi connectivity index (χ2n) is 2.70. The van der Waals surface area contributed by atoms with Gasteiger partial charge in [0.15, 0.2) is 0 Å². The van der Waals surface area contributed by atoms with E-state index in [1.165, 1.54) is 0 Å². The van der Waals surface area contributed by atoms with E-state index in [-0.39, 0.29) is 4.92 Å². The van der Waals surface area contributed by atoms with Gasteiger partial charge in [-0.2, -0.15) is 0 Å². The number of nitrogens with zero attached hydrogens (tertiary/aromatic N) is 2. The smallest absolute Gasteiger partial charge is 0.262 e. The van der Waals surface area contributed by atoms with Crippen LogP contribution >= 0.6 is 0 Å². The Balaban J connectivity index is 2.71. The minimum absolute atomic E-state index is 0.265. The summed E-state index contributed by atoms with van der Waals surface area (Å²) < 4.78 is 0. The van der Waals surface area contributed by atoms with Crippen LogP contribution in [0, 0.1) is 10.1 Å². The molecule has 1 unspecified atom stereocenters. The molecule has 0 aliphatic carbocycles. The van der Waals surface area contributed by atoms with Crippen LogP contribution < -0.4 is 0 Å². The quantitative estimate of drug-likeness (QED) is 0.338. The first-order valence-corrected chi connectivity index (χ1v) is 3.72. The van der Waals surface area contributed by atoms with Gasteiger partial charge in [-0.15, -0.1) is 0 Å². The zero-order valence-corrected chi connectivity index (χ0v) is 6.62. The molecule has 1 fully saturated rings. The maximum absolute atomic E-state index is 10.5. The summed E-state index contributed by atoms with van der Waals surface area (Å²) >= 11 is 0. The fourth-order valence-electron chi connectivity index (χ4n) is 1.41. The SMILES string of the molecule is C=C1CCN(CC)C1[N+](=O)[O-]. The third kappa shape index (κ3) is 1.40. The Morgan fingerprint density at radius 1 is 1.91 bits per heavy atom. The normalized spacial score (nSPS) is 25.9. The Morgan fingerprint density at radius 3 is 2.91 bits per heavy atom. The van der Waals surface area contributed by atoms with E-state index in [0.717, 1.165) is 25.1 Å². The zero-order valence-electron chi connectivity index (χ0n) is 6.62. The molecule has 0 bridgehead atoms. The van der Waals surface area contributed by atoms with Crippen molar-refractivity contribution in [2.75, 3.05) is 13.1 Å². The van der Waals surface area contributed by atoms with Crippen LogP contribution in [0.3, 0.4) is 0 Å². The van der Waals surface area contributed by atoms with Gasteiger partial charge >= 0.3 is 0 Å². The van der Waals surface area contributed by atoms with Crippen LogP contribution in [0.2, 0.25) is 0 Å². The van der Waals surface area contributed by atoms with E-state index < -0.39 is 6.17 Å². The van der Waals surface area contributed by atoms with Crippen molar-refractivity contribution in [3.8, 4) is 0 Å². The average molecular weight is 156 g/mol. The van der Waals surface area contributed by atoms with Crippen molar-refractivity contribution in [2.24, 2.45) is 0 Å². The summed E-state index contributed by atoms with van der Waals surface area (Å²) in [6.45, 7) is 7.10. The number of hydrogen-bond donors (Lipinski definition) is 0. The molecular weight excluding hydrogens is 144 g/mol. The molecule has 1 heterocycles. The van der Waals surface area contributed by atoms with Crippen LogP contribution in [0.5, 0.6) is 0 Å². The van der Waals surface area contributed by atoms with E-state index in [4.69, 9.17) is 0 Å². The minimum atomic E-state index is -0.625. The second kappa shape index (κ2) is 3.00. The molecule has 1 aliphatic rings. The van der Waals surface area contributed by atoms with Crippen molar-refractivity contribution in [1.29, 1.82) is 0 Å². The van der Waals surface area contributed by atoms with Crippen LogP contribution in [-0.4, -0.2) is 29.1 Å². The molecule has 0 radical (unpaired) electrons. The molecule has 1 rings (SSSR count). The molecule has 11 heavy (non-hydrogen) atoms. The predicted molar refractivity (Wildman–Crippen MR) is 41.8 cm³/mol. The molecule has 1 atom stereocenters. The molecule has 62 valence electrons. The monoisotopic (exact) mass is 156 g/mol. The lowest BCUT2D eigenvalue weighted by molar-refractivity contribution is -0.535. The first kappa shape index (κ1) is 8.20.